The first kappa shape index (κ1) is 12.8. The molecule has 1 aromatic heterocycles. The highest BCUT2D eigenvalue weighted by atomic mass is 79.9. The summed E-state index contributed by atoms with van der Waals surface area (Å²) in [4.78, 5) is 8.61. The minimum absolute atomic E-state index is 0.734. The topological polar surface area (TPSA) is 49.8 Å². The highest BCUT2D eigenvalue weighted by Gasteiger charge is 2.02. The molecule has 0 radical (unpaired) electrons. The summed E-state index contributed by atoms with van der Waals surface area (Å²) < 4.78 is 1.10. The van der Waals surface area contributed by atoms with E-state index in [1.165, 1.54) is 5.56 Å². The van der Waals surface area contributed by atoms with Crippen molar-refractivity contribution in [1.82, 2.24) is 9.97 Å². The maximum atomic E-state index is 4.36. The van der Waals surface area contributed by atoms with Gasteiger partial charge in [0.1, 0.15) is 17.5 Å². The molecule has 2 N–H and O–H groups in total. The zero-order valence-electron chi connectivity index (χ0n) is 10.6. The van der Waals surface area contributed by atoms with E-state index in [9.17, 15) is 0 Å². The zero-order valence-corrected chi connectivity index (χ0v) is 12.2. The van der Waals surface area contributed by atoms with Crippen molar-refractivity contribution in [2.45, 2.75) is 13.8 Å². The molecule has 0 saturated heterocycles. The molecule has 0 atom stereocenters. The van der Waals surface area contributed by atoms with Crippen LogP contribution in [0.25, 0.3) is 0 Å². The van der Waals surface area contributed by atoms with E-state index in [2.05, 4.69) is 49.5 Å². The first-order valence-electron chi connectivity index (χ1n) is 5.65. The van der Waals surface area contributed by atoms with Gasteiger partial charge in [-0.25, -0.2) is 9.97 Å². The molecule has 0 fully saturated rings. The minimum Gasteiger partial charge on any atom is -0.373 e. The average molecular weight is 307 g/mol. The lowest BCUT2D eigenvalue weighted by atomic mass is 10.2. The molecule has 0 unspecified atom stereocenters. The van der Waals surface area contributed by atoms with E-state index in [0.717, 1.165) is 27.6 Å². The maximum absolute atomic E-state index is 4.36. The van der Waals surface area contributed by atoms with Crippen LogP contribution in [0.2, 0.25) is 0 Å². The van der Waals surface area contributed by atoms with Gasteiger partial charge in [-0.05, 0) is 37.6 Å². The lowest BCUT2D eigenvalue weighted by Gasteiger charge is -2.09. The summed E-state index contributed by atoms with van der Waals surface area (Å²) >= 11 is 3.49. The Labute approximate surface area is 115 Å². The van der Waals surface area contributed by atoms with Crippen LogP contribution in [0.1, 0.15) is 11.4 Å². The molecule has 2 rings (SSSR count). The van der Waals surface area contributed by atoms with Gasteiger partial charge in [0.05, 0.1) is 0 Å². The predicted octanol–water partition coefficient (Wildman–Crippen LogP) is 3.64. The van der Waals surface area contributed by atoms with Crippen molar-refractivity contribution in [3.05, 3.63) is 40.1 Å². The molecule has 0 spiro atoms. The normalized spacial score (nSPS) is 10.2. The predicted molar refractivity (Wildman–Crippen MR) is 78.5 cm³/mol. The monoisotopic (exact) mass is 306 g/mol. The summed E-state index contributed by atoms with van der Waals surface area (Å²) in [7, 11) is 1.84. The second-order valence-corrected chi connectivity index (χ2v) is 4.88. The van der Waals surface area contributed by atoms with Crippen LogP contribution in [-0.2, 0) is 0 Å². The van der Waals surface area contributed by atoms with E-state index in [-0.39, 0.29) is 0 Å². The third kappa shape index (κ3) is 2.98. The quantitative estimate of drug-likeness (QED) is 0.909. The Bertz CT molecular complexity index is 569. The summed E-state index contributed by atoms with van der Waals surface area (Å²) in [6.07, 6.45) is 0. The summed E-state index contributed by atoms with van der Waals surface area (Å²) in [6.45, 7) is 3.93. The molecular formula is C13H15BrN4. The maximum Gasteiger partial charge on any atom is 0.136 e. The van der Waals surface area contributed by atoms with Crippen molar-refractivity contribution in [3.63, 3.8) is 0 Å². The number of anilines is 3. The molecule has 4 nitrogen and oxygen atoms in total. The third-order valence-corrected chi connectivity index (χ3v) is 3.41. The van der Waals surface area contributed by atoms with Crippen molar-refractivity contribution in [3.8, 4) is 0 Å². The first-order valence-corrected chi connectivity index (χ1v) is 6.44. The molecule has 0 aliphatic heterocycles. The summed E-state index contributed by atoms with van der Waals surface area (Å²) in [5.41, 5.74) is 2.19. The van der Waals surface area contributed by atoms with Crippen LogP contribution in [0, 0.1) is 13.8 Å². The summed E-state index contributed by atoms with van der Waals surface area (Å²) in [5.74, 6) is 2.32. The Morgan fingerprint density at radius 3 is 2.44 bits per heavy atom. The first-order chi connectivity index (χ1) is 8.58. The van der Waals surface area contributed by atoms with E-state index >= 15 is 0 Å². The smallest absolute Gasteiger partial charge is 0.136 e. The molecule has 0 aliphatic carbocycles. The van der Waals surface area contributed by atoms with Gasteiger partial charge in [-0.1, -0.05) is 15.9 Å². The van der Waals surface area contributed by atoms with E-state index in [1.54, 1.807) is 0 Å². The number of halogens is 1. The summed E-state index contributed by atoms with van der Waals surface area (Å²) in [5, 5.41) is 6.29. The highest BCUT2D eigenvalue weighted by molar-refractivity contribution is 9.10. The van der Waals surface area contributed by atoms with Gasteiger partial charge < -0.3 is 10.6 Å². The van der Waals surface area contributed by atoms with Gasteiger partial charge in [0.25, 0.3) is 0 Å². The second kappa shape index (κ2) is 5.35. The van der Waals surface area contributed by atoms with Crippen LogP contribution in [0.15, 0.2) is 28.7 Å². The third-order valence-electron chi connectivity index (χ3n) is 2.52. The number of rotatable bonds is 3. The lowest BCUT2D eigenvalue weighted by molar-refractivity contribution is 1.06. The van der Waals surface area contributed by atoms with Crippen LogP contribution in [0.3, 0.4) is 0 Å². The number of nitrogens with one attached hydrogen (secondary N) is 2. The fourth-order valence-electron chi connectivity index (χ4n) is 1.63. The van der Waals surface area contributed by atoms with Gasteiger partial charge >= 0.3 is 0 Å². The van der Waals surface area contributed by atoms with E-state index in [1.807, 2.05) is 32.2 Å². The number of hydrogen-bond donors (Lipinski definition) is 2. The molecule has 1 heterocycles. The largest absolute Gasteiger partial charge is 0.373 e. The Balaban J connectivity index is 2.27. The number of aryl methyl sites for hydroxylation is 2. The fourth-order valence-corrected chi connectivity index (χ4v) is 1.88. The van der Waals surface area contributed by atoms with Crippen LogP contribution in [-0.4, -0.2) is 17.0 Å². The molecule has 94 valence electrons. The van der Waals surface area contributed by atoms with Gasteiger partial charge in [-0.3, -0.25) is 0 Å². The molecule has 18 heavy (non-hydrogen) atoms. The molecule has 2 aromatic rings. The van der Waals surface area contributed by atoms with Gasteiger partial charge in [-0.15, -0.1) is 0 Å². The molecular weight excluding hydrogens is 292 g/mol. The number of benzene rings is 1. The van der Waals surface area contributed by atoms with Crippen molar-refractivity contribution in [2.75, 3.05) is 17.7 Å². The molecule has 0 saturated carbocycles. The second-order valence-electron chi connectivity index (χ2n) is 4.02. The molecule has 1 aromatic carbocycles. The fraction of sp³-hybridized carbons (Fsp3) is 0.231. The van der Waals surface area contributed by atoms with Crippen LogP contribution < -0.4 is 10.6 Å². The molecule has 0 amide bonds. The Hall–Kier alpha value is -1.62. The van der Waals surface area contributed by atoms with E-state index in [0.29, 0.717) is 0 Å². The van der Waals surface area contributed by atoms with Crippen molar-refractivity contribution in [1.29, 1.82) is 0 Å². The molecule has 5 heteroatoms. The van der Waals surface area contributed by atoms with Crippen molar-refractivity contribution >= 4 is 33.3 Å². The van der Waals surface area contributed by atoms with Gasteiger partial charge in [0.2, 0.25) is 0 Å². The van der Waals surface area contributed by atoms with Gasteiger partial charge in [-0.2, -0.15) is 0 Å². The Morgan fingerprint density at radius 2 is 1.78 bits per heavy atom. The van der Waals surface area contributed by atoms with Gasteiger partial charge in [0, 0.05) is 23.3 Å². The number of aromatic nitrogens is 2. The number of nitrogens with zero attached hydrogens (tertiary/aromatic N) is 2. The molecule has 0 bridgehead atoms. The minimum atomic E-state index is 0.734. The summed E-state index contributed by atoms with van der Waals surface area (Å²) in [6, 6.07) is 7.98. The van der Waals surface area contributed by atoms with Crippen molar-refractivity contribution in [2.24, 2.45) is 0 Å². The zero-order chi connectivity index (χ0) is 13.1. The van der Waals surface area contributed by atoms with Gasteiger partial charge in [0.15, 0.2) is 0 Å². The Kier molecular flexibility index (Phi) is 3.81. The molecule has 0 aliphatic rings. The van der Waals surface area contributed by atoms with E-state index in [4.69, 9.17) is 0 Å². The van der Waals surface area contributed by atoms with Crippen LogP contribution >= 0.6 is 15.9 Å². The Morgan fingerprint density at radius 1 is 1.06 bits per heavy atom. The lowest BCUT2D eigenvalue weighted by Crippen LogP contribution is -2.01. The van der Waals surface area contributed by atoms with Crippen LogP contribution in [0.4, 0.5) is 17.3 Å². The average Bonchev–Trinajstić information content (AvgIpc) is 2.33. The van der Waals surface area contributed by atoms with Crippen LogP contribution in [0.5, 0.6) is 0 Å². The van der Waals surface area contributed by atoms with Crippen molar-refractivity contribution < 1.29 is 0 Å². The standard InChI is InChI=1S/C13H15BrN4/c1-8-6-10(4-5-11(8)14)18-13-7-12(15-3)16-9(2)17-13/h4-7H,1-3H3,(H2,15,16,17,18). The number of hydrogen-bond acceptors (Lipinski definition) is 4. The highest BCUT2D eigenvalue weighted by Crippen LogP contribution is 2.23. The van der Waals surface area contributed by atoms with E-state index < -0.39 is 0 Å². The SMILES string of the molecule is CNc1cc(Nc2ccc(Br)c(C)c2)nc(C)n1.